The Hall–Kier alpha value is -1.29. The standard InChI is InChI=1S/C13H20N4/c1-9-2-3-11(14)13(15-9)16-12-8-17-6-4-10(12)5-7-17/h2-3,10,12H,4-8,14H2,1H3,(H,15,16). The van der Waals surface area contributed by atoms with Gasteiger partial charge in [0.1, 0.15) is 5.82 Å². The first kappa shape index (κ1) is 10.8. The summed E-state index contributed by atoms with van der Waals surface area (Å²) in [5, 5.41) is 3.54. The molecule has 3 aliphatic heterocycles. The van der Waals surface area contributed by atoms with Crippen molar-refractivity contribution in [3.8, 4) is 0 Å². The van der Waals surface area contributed by atoms with Crippen molar-refractivity contribution in [3.05, 3.63) is 17.8 Å². The lowest BCUT2D eigenvalue weighted by Crippen LogP contribution is -2.53. The number of piperidine rings is 3. The molecular formula is C13H20N4. The Morgan fingerprint density at radius 1 is 1.35 bits per heavy atom. The predicted molar refractivity (Wildman–Crippen MR) is 70.0 cm³/mol. The van der Waals surface area contributed by atoms with Crippen LogP contribution < -0.4 is 11.1 Å². The molecule has 3 saturated heterocycles. The molecule has 4 heterocycles. The van der Waals surface area contributed by atoms with E-state index in [4.69, 9.17) is 5.73 Å². The van der Waals surface area contributed by atoms with Crippen LogP contribution in [0.1, 0.15) is 18.5 Å². The molecule has 0 amide bonds. The molecule has 0 aliphatic carbocycles. The molecule has 0 spiro atoms. The summed E-state index contributed by atoms with van der Waals surface area (Å²) in [5.41, 5.74) is 7.74. The van der Waals surface area contributed by atoms with E-state index in [0.717, 1.165) is 29.7 Å². The minimum absolute atomic E-state index is 0.522. The van der Waals surface area contributed by atoms with E-state index in [1.807, 2.05) is 19.1 Å². The Bertz CT molecular complexity index is 410. The molecule has 17 heavy (non-hydrogen) atoms. The van der Waals surface area contributed by atoms with Gasteiger partial charge in [-0.1, -0.05) is 0 Å². The van der Waals surface area contributed by atoms with Crippen LogP contribution in [-0.2, 0) is 0 Å². The zero-order valence-electron chi connectivity index (χ0n) is 10.3. The number of pyridine rings is 1. The second-order valence-corrected chi connectivity index (χ2v) is 5.28. The van der Waals surface area contributed by atoms with Crippen molar-refractivity contribution in [1.82, 2.24) is 9.88 Å². The SMILES string of the molecule is Cc1ccc(N)c(NC2CN3CCC2CC3)n1. The van der Waals surface area contributed by atoms with Crippen LogP contribution in [0.4, 0.5) is 11.5 Å². The van der Waals surface area contributed by atoms with Crippen molar-refractivity contribution in [2.24, 2.45) is 5.92 Å². The Labute approximate surface area is 102 Å². The van der Waals surface area contributed by atoms with E-state index in [1.165, 1.54) is 25.9 Å². The van der Waals surface area contributed by atoms with Gasteiger partial charge in [-0.05, 0) is 50.9 Å². The second kappa shape index (κ2) is 4.18. The number of hydrogen-bond donors (Lipinski definition) is 2. The van der Waals surface area contributed by atoms with Crippen molar-refractivity contribution >= 4 is 11.5 Å². The van der Waals surface area contributed by atoms with Crippen LogP contribution in [0.25, 0.3) is 0 Å². The van der Waals surface area contributed by atoms with Crippen molar-refractivity contribution in [1.29, 1.82) is 0 Å². The summed E-state index contributed by atoms with van der Waals surface area (Å²) in [6.45, 7) is 5.67. The number of anilines is 2. The van der Waals surface area contributed by atoms with Gasteiger partial charge in [0.25, 0.3) is 0 Å². The number of aryl methyl sites for hydroxylation is 1. The molecule has 1 unspecified atom stereocenters. The highest BCUT2D eigenvalue weighted by molar-refractivity contribution is 5.61. The highest BCUT2D eigenvalue weighted by Crippen LogP contribution is 2.30. The molecule has 3 fully saturated rings. The van der Waals surface area contributed by atoms with Crippen molar-refractivity contribution < 1.29 is 0 Å². The van der Waals surface area contributed by atoms with E-state index in [2.05, 4.69) is 15.2 Å². The molecule has 4 nitrogen and oxygen atoms in total. The molecule has 0 aromatic carbocycles. The van der Waals surface area contributed by atoms with Crippen LogP contribution in [0.2, 0.25) is 0 Å². The number of nitrogens with one attached hydrogen (secondary N) is 1. The van der Waals surface area contributed by atoms with E-state index in [-0.39, 0.29) is 0 Å². The normalized spacial score (nSPS) is 31.5. The Morgan fingerprint density at radius 2 is 2.12 bits per heavy atom. The van der Waals surface area contributed by atoms with Crippen LogP contribution in [0.15, 0.2) is 12.1 Å². The molecule has 4 heteroatoms. The average molecular weight is 232 g/mol. The van der Waals surface area contributed by atoms with E-state index in [9.17, 15) is 0 Å². The van der Waals surface area contributed by atoms with E-state index >= 15 is 0 Å². The van der Waals surface area contributed by atoms with Crippen LogP contribution in [-0.4, -0.2) is 35.6 Å². The number of nitrogens with zero attached hydrogens (tertiary/aromatic N) is 2. The predicted octanol–water partition coefficient (Wildman–Crippen LogP) is 1.48. The molecule has 1 atom stereocenters. The second-order valence-electron chi connectivity index (χ2n) is 5.28. The molecule has 2 bridgehead atoms. The number of fused-ring (bicyclic) bond motifs is 3. The van der Waals surface area contributed by atoms with Gasteiger partial charge < -0.3 is 16.0 Å². The fourth-order valence-corrected chi connectivity index (χ4v) is 2.99. The van der Waals surface area contributed by atoms with Crippen molar-refractivity contribution in [3.63, 3.8) is 0 Å². The molecule has 3 N–H and O–H groups in total. The van der Waals surface area contributed by atoms with E-state index < -0.39 is 0 Å². The van der Waals surface area contributed by atoms with Crippen molar-refractivity contribution in [2.45, 2.75) is 25.8 Å². The molecule has 3 aliphatic rings. The summed E-state index contributed by atoms with van der Waals surface area (Å²) in [6.07, 6.45) is 2.62. The van der Waals surface area contributed by atoms with Crippen LogP contribution in [0.5, 0.6) is 0 Å². The summed E-state index contributed by atoms with van der Waals surface area (Å²) >= 11 is 0. The fraction of sp³-hybridized carbons (Fsp3) is 0.615. The molecular weight excluding hydrogens is 212 g/mol. The summed E-state index contributed by atoms with van der Waals surface area (Å²) < 4.78 is 0. The number of nitrogen functional groups attached to an aromatic ring is 1. The first-order valence-electron chi connectivity index (χ1n) is 6.44. The van der Waals surface area contributed by atoms with Gasteiger partial charge in [-0.15, -0.1) is 0 Å². The van der Waals surface area contributed by atoms with Gasteiger partial charge >= 0.3 is 0 Å². The van der Waals surface area contributed by atoms with E-state index in [1.54, 1.807) is 0 Å². The Kier molecular flexibility index (Phi) is 2.67. The molecule has 1 aromatic heterocycles. The van der Waals surface area contributed by atoms with Gasteiger partial charge in [-0.25, -0.2) is 4.98 Å². The van der Waals surface area contributed by atoms with Gasteiger partial charge in [0.15, 0.2) is 0 Å². The van der Waals surface area contributed by atoms with Crippen LogP contribution in [0.3, 0.4) is 0 Å². The monoisotopic (exact) mass is 232 g/mol. The maximum atomic E-state index is 5.97. The molecule has 4 rings (SSSR count). The highest BCUT2D eigenvalue weighted by Gasteiger charge is 2.34. The summed E-state index contributed by atoms with van der Waals surface area (Å²) in [5.74, 6) is 1.66. The molecule has 92 valence electrons. The Balaban J connectivity index is 1.76. The molecule has 1 aromatic rings. The first-order chi connectivity index (χ1) is 8.22. The zero-order valence-corrected chi connectivity index (χ0v) is 10.3. The lowest BCUT2D eigenvalue weighted by molar-refractivity contribution is 0.0974. The first-order valence-corrected chi connectivity index (χ1v) is 6.44. The number of rotatable bonds is 2. The van der Waals surface area contributed by atoms with Gasteiger partial charge in [0, 0.05) is 18.3 Å². The summed E-state index contributed by atoms with van der Waals surface area (Å²) in [6, 6.07) is 4.41. The van der Waals surface area contributed by atoms with Gasteiger partial charge in [-0.2, -0.15) is 0 Å². The summed E-state index contributed by atoms with van der Waals surface area (Å²) in [7, 11) is 0. The highest BCUT2D eigenvalue weighted by atomic mass is 15.2. The fourth-order valence-electron chi connectivity index (χ4n) is 2.99. The van der Waals surface area contributed by atoms with Gasteiger partial charge in [0.05, 0.1) is 5.69 Å². The van der Waals surface area contributed by atoms with Crippen LogP contribution >= 0.6 is 0 Å². The zero-order chi connectivity index (χ0) is 11.8. The van der Waals surface area contributed by atoms with Gasteiger partial charge in [0.2, 0.25) is 0 Å². The maximum Gasteiger partial charge on any atom is 0.149 e. The summed E-state index contributed by atoms with van der Waals surface area (Å²) in [4.78, 5) is 7.03. The van der Waals surface area contributed by atoms with Gasteiger partial charge in [-0.3, -0.25) is 0 Å². The minimum Gasteiger partial charge on any atom is -0.396 e. The molecule has 0 radical (unpaired) electrons. The number of aromatic nitrogens is 1. The lowest BCUT2D eigenvalue weighted by atomic mass is 9.84. The van der Waals surface area contributed by atoms with Crippen LogP contribution in [0, 0.1) is 12.8 Å². The molecule has 0 saturated carbocycles. The average Bonchev–Trinajstić information content (AvgIpc) is 2.35. The topological polar surface area (TPSA) is 54.2 Å². The number of hydrogen-bond acceptors (Lipinski definition) is 4. The largest absolute Gasteiger partial charge is 0.396 e. The minimum atomic E-state index is 0.522. The van der Waals surface area contributed by atoms with Crippen molar-refractivity contribution in [2.75, 3.05) is 30.7 Å². The maximum absolute atomic E-state index is 5.97. The van der Waals surface area contributed by atoms with E-state index in [0.29, 0.717) is 6.04 Å². The quantitative estimate of drug-likeness (QED) is 0.811. The Morgan fingerprint density at radius 3 is 2.76 bits per heavy atom. The smallest absolute Gasteiger partial charge is 0.149 e. The lowest BCUT2D eigenvalue weighted by Gasteiger charge is -2.45. The number of nitrogens with two attached hydrogens (primary N) is 1. The third-order valence-electron chi connectivity index (χ3n) is 4.04. The third kappa shape index (κ3) is 2.09. The third-order valence-corrected chi connectivity index (χ3v) is 4.04.